The second-order valence-electron chi connectivity index (χ2n) is 6.37. The van der Waals surface area contributed by atoms with E-state index in [1.165, 1.54) is 0 Å². The number of para-hydroxylation sites is 1. The summed E-state index contributed by atoms with van der Waals surface area (Å²) in [5.41, 5.74) is 0.946. The molecule has 0 saturated carbocycles. The lowest BCUT2D eigenvalue weighted by Crippen LogP contribution is -2.32. The van der Waals surface area contributed by atoms with Crippen molar-refractivity contribution in [2.45, 2.75) is 25.9 Å². The van der Waals surface area contributed by atoms with Crippen molar-refractivity contribution in [2.24, 2.45) is 0 Å². The number of hydrogen-bond donors (Lipinski definition) is 1. The van der Waals surface area contributed by atoms with Gasteiger partial charge in [-0.15, -0.1) is 0 Å². The molecule has 1 saturated heterocycles. The van der Waals surface area contributed by atoms with Gasteiger partial charge in [0.2, 0.25) is 0 Å². The van der Waals surface area contributed by atoms with Gasteiger partial charge in [-0.25, -0.2) is 0 Å². The Bertz CT molecular complexity index is 851. The van der Waals surface area contributed by atoms with Crippen molar-refractivity contribution >= 4 is 40.7 Å². The Morgan fingerprint density at radius 2 is 1.81 bits per heavy atom. The lowest BCUT2D eigenvalue weighted by molar-refractivity contribution is -0.122. The molecule has 2 amide bonds. The van der Waals surface area contributed by atoms with Gasteiger partial charge in [0.05, 0.1) is 16.3 Å². The first-order valence-electron chi connectivity index (χ1n) is 8.76. The van der Waals surface area contributed by atoms with Gasteiger partial charge in [0, 0.05) is 18.1 Å². The second kappa shape index (κ2) is 8.63. The summed E-state index contributed by atoms with van der Waals surface area (Å²) >= 11 is 12.0. The van der Waals surface area contributed by atoms with E-state index in [0.717, 1.165) is 25.9 Å². The van der Waals surface area contributed by atoms with E-state index in [1.54, 1.807) is 54.3 Å². The van der Waals surface area contributed by atoms with E-state index in [9.17, 15) is 9.59 Å². The van der Waals surface area contributed by atoms with Crippen LogP contribution >= 0.6 is 23.2 Å². The van der Waals surface area contributed by atoms with Crippen molar-refractivity contribution in [3.05, 3.63) is 58.1 Å². The number of likely N-dealkylation sites (tertiary alicyclic amines) is 1. The summed E-state index contributed by atoms with van der Waals surface area (Å²) in [6.07, 6.45) is 1.21. The minimum Gasteiger partial charge on any atom is -0.479 e. The highest BCUT2D eigenvalue weighted by Crippen LogP contribution is 2.28. The number of benzene rings is 2. The third-order valence-electron chi connectivity index (χ3n) is 4.38. The molecule has 0 bridgehead atoms. The molecule has 142 valence electrons. The van der Waals surface area contributed by atoms with E-state index in [0.29, 0.717) is 27.0 Å². The Morgan fingerprint density at radius 1 is 1.11 bits per heavy atom. The summed E-state index contributed by atoms with van der Waals surface area (Å²) in [6, 6.07) is 11.8. The molecule has 5 nitrogen and oxygen atoms in total. The number of anilines is 1. The monoisotopic (exact) mass is 406 g/mol. The van der Waals surface area contributed by atoms with Crippen molar-refractivity contribution in [2.75, 3.05) is 18.4 Å². The second-order valence-corrected chi connectivity index (χ2v) is 7.21. The predicted molar refractivity (Wildman–Crippen MR) is 107 cm³/mol. The van der Waals surface area contributed by atoms with Gasteiger partial charge in [-0.3, -0.25) is 9.59 Å². The molecule has 2 aromatic rings. The lowest BCUT2D eigenvalue weighted by atomic mass is 10.1. The molecule has 0 aliphatic carbocycles. The molecule has 1 aliphatic heterocycles. The molecule has 3 rings (SSSR count). The Balaban J connectivity index is 1.71. The molecule has 1 atom stereocenters. The van der Waals surface area contributed by atoms with Crippen molar-refractivity contribution in [3.8, 4) is 5.75 Å². The van der Waals surface area contributed by atoms with Crippen molar-refractivity contribution in [3.63, 3.8) is 0 Å². The van der Waals surface area contributed by atoms with Crippen LogP contribution in [0.3, 0.4) is 0 Å². The van der Waals surface area contributed by atoms with E-state index in [-0.39, 0.29) is 11.8 Å². The lowest BCUT2D eigenvalue weighted by Gasteiger charge is -2.19. The zero-order valence-corrected chi connectivity index (χ0v) is 16.4. The minimum atomic E-state index is -0.807. The number of amides is 2. The summed E-state index contributed by atoms with van der Waals surface area (Å²) in [5.74, 6) is -0.0782. The summed E-state index contributed by atoms with van der Waals surface area (Å²) in [5, 5.41) is 3.60. The zero-order chi connectivity index (χ0) is 19.4. The number of rotatable bonds is 5. The van der Waals surface area contributed by atoms with Crippen molar-refractivity contribution in [1.29, 1.82) is 0 Å². The Morgan fingerprint density at radius 3 is 2.52 bits per heavy atom. The van der Waals surface area contributed by atoms with Crippen molar-refractivity contribution < 1.29 is 14.3 Å². The van der Waals surface area contributed by atoms with Gasteiger partial charge in [-0.2, -0.15) is 0 Å². The molecule has 1 fully saturated rings. The van der Waals surface area contributed by atoms with Crippen LogP contribution in [-0.4, -0.2) is 35.9 Å². The quantitative estimate of drug-likeness (QED) is 0.786. The van der Waals surface area contributed by atoms with Gasteiger partial charge < -0.3 is 15.0 Å². The maximum Gasteiger partial charge on any atom is 0.265 e. The van der Waals surface area contributed by atoms with E-state index < -0.39 is 6.10 Å². The van der Waals surface area contributed by atoms with E-state index in [2.05, 4.69) is 5.32 Å². The van der Waals surface area contributed by atoms with Gasteiger partial charge in [-0.1, -0.05) is 35.3 Å². The number of ether oxygens (including phenoxy) is 1. The fourth-order valence-corrected chi connectivity index (χ4v) is 3.37. The van der Waals surface area contributed by atoms with Crippen LogP contribution in [0.15, 0.2) is 42.5 Å². The number of nitrogens with zero attached hydrogens (tertiary/aromatic N) is 1. The molecule has 1 aliphatic rings. The summed E-state index contributed by atoms with van der Waals surface area (Å²) in [4.78, 5) is 27.1. The Kier molecular flexibility index (Phi) is 6.24. The average Bonchev–Trinajstić information content (AvgIpc) is 3.18. The molecule has 27 heavy (non-hydrogen) atoms. The van der Waals surface area contributed by atoms with Crippen LogP contribution in [0.25, 0.3) is 0 Å². The fourth-order valence-electron chi connectivity index (χ4n) is 2.92. The molecular weight excluding hydrogens is 387 g/mol. The molecule has 2 aromatic carbocycles. The maximum atomic E-state index is 12.7. The van der Waals surface area contributed by atoms with E-state index >= 15 is 0 Å². The molecule has 0 radical (unpaired) electrons. The van der Waals surface area contributed by atoms with Crippen LogP contribution < -0.4 is 10.1 Å². The molecule has 0 aromatic heterocycles. The largest absolute Gasteiger partial charge is 0.479 e. The molecule has 1 N–H and O–H groups in total. The SMILES string of the molecule is C[C@@H](Oc1ccc(Cl)cc1Cl)C(=O)Nc1ccccc1C(=O)N1CCCC1. The molecule has 0 unspecified atom stereocenters. The summed E-state index contributed by atoms with van der Waals surface area (Å²) in [7, 11) is 0. The minimum absolute atomic E-state index is 0.0716. The highest BCUT2D eigenvalue weighted by atomic mass is 35.5. The van der Waals surface area contributed by atoms with Gasteiger partial charge in [0.1, 0.15) is 5.75 Å². The average molecular weight is 407 g/mol. The fraction of sp³-hybridized carbons (Fsp3) is 0.300. The van der Waals surface area contributed by atoms with Gasteiger partial charge >= 0.3 is 0 Å². The molecule has 1 heterocycles. The number of halogens is 2. The first-order valence-corrected chi connectivity index (χ1v) is 9.52. The highest BCUT2D eigenvalue weighted by molar-refractivity contribution is 6.35. The van der Waals surface area contributed by atoms with E-state index in [1.807, 2.05) is 0 Å². The Labute approximate surface area is 168 Å². The van der Waals surface area contributed by atoms with Gasteiger partial charge in [0.25, 0.3) is 11.8 Å². The third-order valence-corrected chi connectivity index (χ3v) is 4.91. The van der Waals surface area contributed by atoms with Crippen LogP contribution in [0.4, 0.5) is 5.69 Å². The topological polar surface area (TPSA) is 58.6 Å². The summed E-state index contributed by atoms with van der Waals surface area (Å²) in [6.45, 7) is 3.11. The number of carbonyl (C=O) groups is 2. The van der Waals surface area contributed by atoms with Crippen LogP contribution in [0, 0.1) is 0 Å². The van der Waals surface area contributed by atoms with Crippen LogP contribution in [-0.2, 0) is 4.79 Å². The number of nitrogens with one attached hydrogen (secondary N) is 1. The smallest absolute Gasteiger partial charge is 0.265 e. The molecule has 7 heteroatoms. The number of hydrogen-bond acceptors (Lipinski definition) is 3. The van der Waals surface area contributed by atoms with Crippen LogP contribution in [0.2, 0.25) is 10.0 Å². The zero-order valence-electron chi connectivity index (χ0n) is 14.9. The van der Waals surface area contributed by atoms with Crippen LogP contribution in [0.5, 0.6) is 5.75 Å². The maximum absolute atomic E-state index is 12.7. The molecular formula is C20H20Cl2N2O3. The summed E-state index contributed by atoms with van der Waals surface area (Å²) < 4.78 is 5.64. The molecule has 0 spiro atoms. The van der Waals surface area contributed by atoms with Crippen molar-refractivity contribution in [1.82, 2.24) is 4.90 Å². The van der Waals surface area contributed by atoms with Gasteiger partial charge in [0.15, 0.2) is 6.10 Å². The first-order chi connectivity index (χ1) is 13.0. The Hall–Kier alpha value is -2.24. The normalized spacial score (nSPS) is 14.7. The first kappa shape index (κ1) is 19.5. The van der Waals surface area contributed by atoms with E-state index in [4.69, 9.17) is 27.9 Å². The van der Waals surface area contributed by atoms with Gasteiger partial charge in [-0.05, 0) is 50.1 Å². The standard InChI is InChI=1S/C20H20Cl2N2O3/c1-13(27-18-9-8-14(21)12-16(18)22)19(25)23-17-7-3-2-6-15(17)20(26)24-10-4-5-11-24/h2-3,6-9,12-13H,4-5,10-11H2,1H3,(H,23,25)/t13-/m1/s1. The predicted octanol–water partition coefficient (Wildman–Crippen LogP) is 4.64. The third kappa shape index (κ3) is 4.73. The van der Waals surface area contributed by atoms with Crippen LogP contribution in [0.1, 0.15) is 30.1 Å². The highest BCUT2D eigenvalue weighted by Gasteiger charge is 2.23. The number of carbonyl (C=O) groups excluding carboxylic acids is 2.